The van der Waals surface area contributed by atoms with E-state index in [1.807, 2.05) is 60.7 Å². The van der Waals surface area contributed by atoms with Gasteiger partial charge in [0.15, 0.2) is 5.69 Å². The van der Waals surface area contributed by atoms with Gasteiger partial charge in [0, 0.05) is 0 Å². The van der Waals surface area contributed by atoms with Crippen molar-refractivity contribution in [2.75, 3.05) is 0 Å². The van der Waals surface area contributed by atoms with E-state index in [1.54, 1.807) is 4.68 Å². The lowest BCUT2D eigenvalue weighted by Gasteiger charge is -2.04. The molecule has 0 atom stereocenters. The Morgan fingerprint density at radius 2 is 1.42 bits per heavy atom. The molecule has 0 fully saturated rings. The molecule has 5 heteroatoms. The average molecular weight is 266 g/mol. The highest BCUT2D eigenvalue weighted by molar-refractivity contribution is 7.58. The Morgan fingerprint density at radius 3 is 2.11 bits per heavy atom. The van der Waals surface area contributed by atoms with Crippen molar-refractivity contribution in [1.82, 2.24) is 15.3 Å². The second kappa shape index (κ2) is 5.07. The lowest BCUT2D eigenvalue weighted by atomic mass is 10.2. The van der Waals surface area contributed by atoms with E-state index in [2.05, 4.69) is 15.3 Å². The van der Waals surface area contributed by atoms with Gasteiger partial charge in [-0.25, -0.2) is 0 Å². The molecule has 0 bridgehead atoms. The summed E-state index contributed by atoms with van der Waals surface area (Å²) in [6.45, 7) is 0. The number of hydrogen-bond donors (Lipinski definition) is 0. The second-order valence-electron chi connectivity index (χ2n) is 3.92. The number of hydrogen-bond acceptors (Lipinski definition) is 4. The summed E-state index contributed by atoms with van der Waals surface area (Å²) in [6.07, 6.45) is 0. The predicted molar refractivity (Wildman–Crippen MR) is 72.4 cm³/mol. The Kier molecular flexibility index (Phi) is 3.12. The smallest absolute Gasteiger partial charge is 0.383 e. The van der Waals surface area contributed by atoms with Crippen molar-refractivity contribution in [1.29, 1.82) is 0 Å². The van der Waals surface area contributed by atoms with E-state index in [4.69, 9.17) is 12.6 Å². The van der Waals surface area contributed by atoms with E-state index >= 15 is 0 Å². The highest BCUT2D eigenvalue weighted by atomic mass is 32.1. The van der Waals surface area contributed by atoms with Crippen LogP contribution in [-0.2, 0) is 12.6 Å². The molecule has 3 rings (SSSR count). The zero-order chi connectivity index (χ0) is 13.1. The minimum atomic E-state index is 0.225. The first kappa shape index (κ1) is 11.7. The van der Waals surface area contributed by atoms with Crippen LogP contribution in [-0.4, -0.2) is 15.3 Å². The van der Waals surface area contributed by atoms with Gasteiger partial charge in [0.05, 0.1) is 15.8 Å². The molecule has 0 amide bonds. The lowest BCUT2D eigenvalue weighted by molar-refractivity contribution is -0.656. The Labute approximate surface area is 116 Å². The van der Waals surface area contributed by atoms with Crippen molar-refractivity contribution in [2.45, 2.75) is 5.16 Å². The van der Waals surface area contributed by atoms with Gasteiger partial charge in [-0.1, -0.05) is 46.2 Å². The van der Waals surface area contributed by atoms with Gasteiger partial charge < -0.3 is 12.6 Å². The Hall–Kier alpha value is -2.40. The van der Waals surface area contributed by atoms with Gasteiger partial charge in [0.1, 0.15) is 0 Å². The quantitative estimate of drug-likeness (QED) is 0.523. The van der Waals surface area contributed by atoms with Crippen LogP contribution in [0.5, 0.6) is 0 Å². The standard InChI is InChI=1S/C14H10N4S/c19-14-16-15-13(11-7-3-1-4-8-11)18(17-14)12-9-5-2-6-10-12/h1-10H. The maximum Gasteiger partial charge on any atom is 0.383 e. The first-order valence-electron chi connectivity index (χ1n) is 5.79. The molecule has 0 aliphatic carbocycles. The highest BCUT2D eigenvalue weighted by Crippen LogP contribution is 2.12. The van der Waals surface area contributed by atoms with Crippen LogP contribution in [0.25, 0.3) is 17.1 Å². The van der Waals surface area contributed by atoms with Crippen molar-refractivity contribution >= 4 is 12.6 Å². The van der Waals surface area contributed by atoms with Gasteiger partial charge in [0.2, 0.25) is 0 Å². The first-order valence-corrected chi connectivity index (χ1v) is 6.20. The molecule has 1 heterocycles. The zero-order valence-corrected chi connectivity index (χ0v) is 10.8. The third-order valence-corrected chi connectivity index (χ3v) is 2.81. The van der Waals surface area contributed by atoms with Crippen LogP contribution in [0.15, 0.2) is 65.8 Å². The van der Waals surface area contributed by atoms with Gasteiger partial charge in [-0.2, -0.15) is 0 Å². The molecule has 1 aromatic heterocycles. The van der Waals surface area contributed by atoms with Crippen molar-refractivity contribution < 1.29 is 4.68 Å². The molecule has 0 saturated heterocycles. The molecule has 0 radical (unpaired) electrons. The lowest BCUT2D eigenvalue weighted by Crippen LogP contribution is -2.40. The van der Waals surface area contributed by atoms with Crippen LogP contribution in [0.2, 0.25) is 0 Å². The number of aromatic nitrogens is 4. The van der Waals surface area contributed by atoms with Crippen LogP contribution >= 0.6 is 0 Å². The second-order valence-corrected chi connectivity index (χ2v) is 4.28. The first-order chi connectivity index (χ1) is 9.34. The molecule has 0 saturated carbocycles. The molecule has 0 aliphatic rings. The van der Waals surface area contributed by atoms with Gasteiger partial charge in [-0.05, 0) is 29.4 Å². The maximum absolute atomic E-state index is 5.00. The Morgan fingerprint density at radius 1 is 0.789 bits per heavy atom. The Balaban J connectivity index is 2.21. The maximum atomic E-state index is 5.00. The molecular weight excluding hydrogens is 256 g/mol. The van der Waals surface area contributed by atoms with E-state index < -0.39 is 0 Å². The van der Waals surface area contributed by atoms with E-state index in [1.165, 1.54) is 0 Å². The summed E-state index contributed by atoms with van der Waals surface area (Å²) in [5.41, 5.74) is 1.85. The molecule has 0 unspecified atom stereocenters. The van der Waals surface area contributed by atoms with Gasteiger partial charge in [-0.3, -0.25) is 0 Å². The van der Waals surface area contributed by atoms with Crippen molar-refractivity contribution in [3.8, 4) is 17.1 Å². The van der Waals surface area contributed by atoms with E-state index in [9.17, 15) is 0 Å². The fourth-order valence-corrected chi connectivity index (χ4v) is 1.92. The fourth-order valence-electron chi connectivity index (χ4n) is 1.80. The van der Waals surface area contributed by atoms with Crippen LogP contribution in [0.4, 0.5) is 0 Å². The molecule has 3 aromatic rings. The average Bonchev–Trinajstić information content (AvgIpc) is 2.49. The summed E-state index contributed by atoms with van der Waals surface area (Å²) in [7, 11) is 0. The molecule has 2 aromatic carbocycles. The summed E-state index contributed by atoms with van der Waals surface area (Å²) in [5.74, 6) is 0.667. The fraction of sp³-hybridized carbons (Fsp3) is 0. The monoisotopic (exact) mass is 266 g/mol. The summed E-state index contributed by atoms with van der Waals surface area (Å²) >= 11 is 5.00. The van der Waals surface area contributed by atoms with E-state index in [0.717, 1.165) is 11.3 Å². The van der Waals surface area contributed by atoms with Crippen molar-refractivity contribution in [2.24, 2.45) is 0 Å². The SMILES string of the molecule is [S-]c1nnc(-c2ccccc2)[n+](-c2ccccc2)n1. The molecule has 0 aliphatic heterocycles. The van der Waals surface area contributed by atoms with E-state index in [0.29, 0.717) is 5.82 Å². The van der Waals surface area contributed by atoms with Gasteiger partial charge in [0.25, 0.3) is 0 Å². The normalized spacial score (nSPS) is 10.3. The third-order valence-electron chi connectivity index (χ3n) is 2.65. The van der Waals surface area contributed by atoms with Gasteiger partial charge >= 0.3 is 5.82 Å². The molecular formula is C14H10N4S. The number of nitrogens with zero attached hydrogens (tertiary/aromatic N) is 4. The summed E-state index contributed by atoms with van der Waals surface area (Å²) in [5, 5.41) is 12.5. The molecule has 0 N–H and O–H groups in total. The van der Waals surface area contributed by atoms with Crippen molar-refractivity contribution in [3.05, 3.63) is 60.7 Å². The van der Waals surface area contributed by atoms with Crippen LogP contribution in [0, 0.1) is 0 Å². The van der Waals surface area contributed by atoms with Gasteiger partial charge in [-0.15, -0.1) is 0 Å². The summed E-state index contributed by atoms with van der Waals surface area (Å²) in [4.78, 5) is 0. The van der Waals surface area contributed by atoms with Crippen LogP contribution < -0.4 is 4.68 Å². The summed E-state index contributed by atoms with van der Waals surface area (Å²) in [6, 6.07) is 19.6. The molecule has 4 nitrogen and oxygen atoms in total. The molecule has 92 valence electrons. The topological polar surface area (TPSA) is 42.5 Å². The van der Waals surface area contributed by atoms with Crippen LogP contribution in [0.1, 0.15) is 0 Å². The number of rotatable bonds is 2. The largest absolute Gasteiger partial charge is 0.732 e. The number of benzene rings is 2. The molecule has 19 heavy (non-hydrogen) atoms. The minimum absolute atomic E-state index is 0.225. The predicted octanol–water partition coefficient (Wildman–Crippen LogP) is 1.72. The number of para-hydroxylation sites is 1. The molecule has 0 spiro atoms. The van der Waals surface area contributed by atoms with E-state index in [-0.39, 0.29) is 5.16 Å². The van der Waals surface area contributed by atoms with Crippen molar-refractivity contribution in [3.63, 3.8) is 0 Å². The highest BCUT2D eigenvalue weighted by Gasteiger charge is 2.18. The third kappa shape index (κ3) is 2.41. The van der Waals surface area contributed by atoms with Crippen LogP contribution in [0.3, 0.4) is 0 Å². The zero-order valence-electron chi connectivity index (χ0n) is 9.97. The Bertz CT molecular complexity index is 686. The minimum Gasteiger partial charge on any atom is -0.732 e. The summed E-state index contributed by atoms with van der Waals surface area (Å²) < 4.78 is 1.71.